The second kappa shape index (κ2) is 11.7. The lowest BCUT2D eigenvalue weighted by Gasteiger charge is -2.30. The highest BCUT2D eigenvalue weighted by Gasteiger charge is 2.28. The number of hydrogen-bond acceptors (Lipinski definition) is 7. The fraction of sp³-hybridized carbons (Fsp3) is 0.429. The summed E-state index contributed by atoms with van der Waals surface area (Å²) < 4.78 is 13.4. The Morgan fingerprint density at radius 3 is 2.78 bits per heavy atom. The van der Waals surface area contributed by atoms with Crippen LogP contribution in [0.3, 0.4) is 0 Å². The van der Waals surface area contributed by atoms with Crippen molar-refractivity contribution in [1.82, 2.24) is 30.1 Å². The number of aromatic nitrogens is 5. The van der Waals surface area contributed by atoms with Gasteiger partial charge in [0.05, 0.1) is 25.3 Å². The molecule has 1 saturated heterocycles. The lowest BCUT2D eigenvalue weighted by Crippen LogP contribution is -2.33. The number of rotatable bonds is 11. The molecule has 0 spiro atoms. The predicted molar refractivity (Wildman–Crippen MR) is 141 cm³/mol. The van der Waals surface area contributed by atoms with E-state index in [2.05, 4.69) is 44.5 Å². The van der Waals surface area contributed by atoms with Crippen molar-refractivity contribution in [3.05, 3.63) is 81.9 Å². The quantitative estimate of drug-likeness (QED) is 0.327. The summed E-state index contributed by atoms with van der Waals surface area (Å²) in [5.74, 6) is 1.58. The standard InChI is InChI=1S/C28H34N6O3/c1-3-26(27-30-31-32-34(27)19-24-11-8-14-37-24)33(17-20-9-6-5-7-10-20)18-22-15-21-16-23(36-4-2)12-13-25(21)29-28(22)35/h5-7,9-10,12-13,15-16,24,26H,3-4,8,11,14,17-19H2,1-2H3,(H,29,35)/t24-,26+/m0/s1. The van der Waals surface area contributed by atoms with Crippen LogP contribution in [0, 0.1) is 0 Å². The van der Waals surface area contributed by atoms with Gasteiger partial charge in [-0.15, -0.1) is 5.10 Å². The SMILES string of the molecule is CCOc1ccc2[nH]c(=O)c(CN(Cc3ccccc3)[C@H](CC)c3nnnn3C[C@@H]3CCCO3)cc2c1. The van der Waals surface area contributed by atoms with Crippen molar-refractivity contribution >= 4 is 10.9 Å². The zero-order valence-corrected chi connectivity index (χ0v) is 21.5. The highest BCUT2D eigenvalue weighted by Crippen LogP contribution is 2.28. The van der Waals surface area contributed by atoms with Gasteiger partial charge in [0, 0.05) is 36.2 Å². The van der Waals surface area contributed by atoms with Gasteiger partial charge in [0.15, 0.2) is 5.82 Å². The Kier molecular flexibility index (Phi) is 7.91. The average Bonchev–Trinajstić information content (AvgIpc) is 3.59. The first-order valence-electron chi connectivity index (χ1n) is 13.1. The molecular formula is C28H34N6O3. The maximum atomic E-state index is 13.2. The van der Waals surface area contributed by atoms with E-state index in [4.69, 9.17) is 9.47 Å². The van der Waals surface area contributed by atoms with E-state index in [9.17, 15) is 4.79 Å². The topological polar surface area (TPSA) is 98.2 Å². The van der Waals surface area contributed by atoms with E-state index in [1.807, 2.05) is 54.1 Å². The maximum Gasteiger partial charge on any atom is 0.252 e. The molecule has 9 heteroatoms. The Labute approximate surface area is 216 Å². The van der Waals surface area contributed by atoms with Crippen LogP contribution in [0.2, 0.25) is 0 Å². The van der Waals surface area contributed by atoms with Gasteiger partial charge in [0.2, 0.25) is 0 Å². The average molecular weight is 503 g/mol. The largest absolute Gasteiger partial charge is 0.494 e. The van der Waals surface area contributed by atoms with Gasteiger partial charge in [-0.3, -0.25) is 9.69 Å². The zero-order valence-electron chi connectivity index (χ0n) is 21.5. The number of tetrazole rings is 1. The Bertz CT molecular complexity index is 1360. The summed E-state index contributed by atoms with van der Waals surface area (Å²) in [6.45, 7) is 7.20. The molecule has 9 nitrogen and oxygen atoms in total. The molecule has 194 valence electrons. The molecule has 1 fully saturated rings. The summed E-state index contributed by atoms with van der Waals surface area (Å²) in [6.07, 6.45) is 3.00. The molecule has 0 bridgehead atoms. The number of H-pyrrole nitrogens is 1. The van der Waals surface area contributed by atoms with Crippen LogP contribution >= 0.6 is 0 Å². The molecule has 2 atom stereocenters. The summed E-state index contributed by atoms with van der Waals surface area (Å²) >= 11 is 0. The maximum absolute atomic E-state index is 13.2. The van der Waals surface area contributed by atoms with Crippen LogP contribution in [-0.4, -0.2) is 49.4 Å². The molecule has 0 unspecified atom stereocenters. The highest BCUT2D eigenvalue weighted by atomic mass is 16.5. The number of fused-ring (bicyclic) bond motifs is 1. The number of benzene rings is 2. The van der Waals surface area contributed by atoms with E-state index in [0.717, 1.165) is 53.9 Å². The summed E-state index contributed by atoms with van der Waals surface area (Å²) in [4.78, 5) is 18.5. The van der Waals surface area contributed by atoms with Crippen LogP contribution in [0.25, 0.3) is 10.9 Å². The lowest BCUT2D eigenvalue weighted by atomic mass is 10.1. The van der Waals surface area contributed by atoms with E-state index >= 15 is 0 Å². The zero-order chi connectivity index (χ0) is 25.6. The van der Waals surface area contributed by atoms with Crippen LogP contribution in [0.4, 0.5) is 0 Å². The van der Waals surface area contributed by atoms with Crippen molar-refractivity contribution in [1.29, 1.82) is 0 Å². The van der Waals surface area contributed by atoms with Gasteiger partial charge >= 0.3 is 0 Å². The fourth-order valence-corrected chi connectivity index (χ4v) is 5.08. The molecule has 2 aromatic heterocycles. The summed E-state index contributed by atoms with van der Waals surface area (Å²) in [7, 11) is 0. The van der Waals surface area contributed by atoms with Crippen LogP contribution in [0.15, 0.2) is 59.4 Å². The van der Waals surface area contributed by atoms with Gasteiger partial charge < -0.3 is 14.5 Å². The predicted octanol–water partition coefficient (Wildman–Crippen LogP) is 4.25. The van der Waals surface area contributed by atoms with E-state index in [1.54, 1.807) is 0 Å². The van der Waals surface area contributed by atoms with E-state index in [-0.39, 0.29) is 17.7 Å². The van der Waals surface area contributed by atoms with Crippen molar-refractivity contribution in [3.8, 4) is 5.75 Å². The van der Waals surface area contributed by atoms with Gasteiger partial charge in [-0.2, -0.15) is 0 Å². The second-order valence-electron chi connectivity index (χ2n) is 9.47. The van der Waals surface area contributed by atoms with Crippen molar-refractivity contribution in [2.45, 2.75) is 64.9 Å². The van der Waals surface area contributed by atoms with Crippen LogP contribution in [0.5, 0.6) is 5.75 Å². The minimum Gasteiger partial charge on any atom is -0.494 e. The van der Waals surface area contributed by atoms with E-state index in [1.165, 1.54) is 0 Å². The molecule has 0 amide bonds. The van der Waals surface area contributed by atoms with Crippen molar-refractivity contribution in [3.63, 3.8) is 0 Å². The van der Waals surface area contributed by atoms with Gasteiger partial charge in [0.1, 0.15) is 5.75 Å². The number of aromatic amines is 1. The third-order valence-electron chi connectivity index (χ3n) is 6.89. The Morgan fingerprint density at radius 1 is 1.16 bits per heavy atom. The monoisotopic (exact) mass is 502 g/mol. The number of nitrogens with one attached hydrogen (secondary N) is 1. The molecule has 1 N–H and O–H groups in total. The third-order valence-corrected chi connectivity index (χ3v) is 6.89. The Morgan fingerprint density at radius 2 is 2.03 bits per heavy atom. The Hall–Kier alpha value is -3.56. The molecule has 0 aliphatic carbocycles. The van der Waals surface area contributed by atoms with Gasteiger partial charge in [0.25, 0.3) is 5.56 Å². The van der Waals surface area contributed by atoms with E-state index < -0.39 is 0 Å². The molecular weight excluding hydrogens is 468 g/mol. The number of ether oxygens (including phenoxy) is 2. The first kappa shape index (κ1) is 25.1. The van der Waals surface area contributed by atoms with Crippen LogP contribution < -0.4 is 10.3 Å². The van der Waals surface area contributed by atoms with Gasteiger partial charge in [-0.25, -0.2) is 4.68 Å². The van der Waals surface area contributed by atoms with E-state index in [0.29, 0.717) is 31.8 Å². The van der Waals surface area contributed by atoms with Gasteiger partial charge in [-0.1, -0.05) is 37.3 Å². The molecule has 3 heterocycles. The normalized spacial score (nSPS) is 16.5. The first-order valence-corrected chi connectivity index (χ1v) is 13.1. The van der Waals surface area contributed by atoms with Gasteiger partial charge in [-0.05, 0) is 66.4 Å². The summed E-state index contributed by atoms with van der Waals surface area (Å²) in [5.41, 5.74) is 2.55. The highest BCUT2D eigenvalue weighted by molar-refractivity contribution is 5.80. The smallest absolute Gasteiger partial charge is 0.252 e. The molecule has 1 aliphatic rings. The molecule has 0 radical (unpaired) electrons. The minimum atomic E-state index is -0.0940. The number of pyridine rings is 1. The number of nitrogens with zero attached hydrogens (tertiary/aromatic N) is 5. The molecule has 4 aromatic rings. The molecule has 37 heavy (non-hydrogen) atoms. The molecule has 0 saturated carbocycles. The third kappa shape index (κ3) is 5.89. The van der Waals surface area contributed by atoms with Crippen molar-refractivity contribution < 1.29 is 9.47 Å². The molecule has 2 aromatic carbocycles. The van der Waals surface area contributed by atoms with Crippen molar-refractivity contribution in [2.75, 3.05) is 13.2 Å². The van der Waals surface area contributed by atoms with Crippen molar-refractivity contribution in [2.24, 2.45) is 0 Å². The van der Waals surface area contributed by atoms with Crippen LogP contribution in [-0.2, 0) is 24.4 Å². The molecule has 1 aliphatic heterocycles. The number of hydrogen-bond donors (Lipinski definition) is 1. The van der Waals surface area contributed by atoms with Crippen LogP contribution in [0.1, 0.15) is 56.1 Å². The summed E-state index contributed by atoms with van der Waals surface area (Å²) in [5, 5.41) is 13.7. The second-order valence-corrected chi connectivity index (χ2v) is 9.47. The summed E-state index contributed by atoms with van der Waals surface area (Å²) in [6, 6.07) is 17.9. The Balaban J connectivity index is 1.49. The lowest BCUT2D eigenvalue weighted by molar-refractivity contribution is 0.0888. The fourth-order valence-electron chi connectivity index (χ4n) is 5.08. The minimum absolute atomic E-state index is 0.0820. The molecule has 5 rings (SSSR count). The first-order chi connectivity index (χ1) is 18.1.